The monoisotopic (exact) mass is 468 g/mol. The highest BCUT2D eigenvalue weighted by molar-refractivity contribution is 7.91. The lowest BCUT2D eigenvalue weighted by Gasteiger charge is -2.18. The number of pyridine rings is 1. The van der Waals surface area contributed by atoms with E-state index < -0.39 is 15.1 Å². The van der Waals surface area contributed by atoms with E-state index in [4.69, 9.17) is 11.6 Å². The minimum atomic E-state index is -3.78. The Kier molecular flexibility index (Phi) is 7.83. The fourth-order valence-electron chi connectivity index (χ4n) is 3.18. The van der Waals surface area contributed by atoms with Crippen LogP contribution in [-0.4, -0.2) is 25.9 Å². The highest BCUT2D eigenvalue weighted by atomic mass is 35.5. The molecule has 1 aromatic heterocycles. The van der Waals surface area contributed by atoms with Crippen LogP contribution in [0.2, 0.25) is 5.02 Å². The van der Waals surface area contributed by atoms with E-state index >= 15 is 0 Å². The maximum atomic E-state index is 13.3. The number of amides is 1. The standard InChI is InChI=1S/C25H25ClN2O3S/c1-18(2)20-8-5-19(6-9-20)7-14-25(29)28-17-24(21-4-3-15-27-16-21)32(30,31)23-12-10-22(26)11-13-23/h3-16,18,24H,17H2,1-2H3,(H,28,29)/b14-7+. The first-order valence-electron chi connectivity index (χ1n) is 10.2. The van der Waals surface area contributed by atoms with Crippen molar-refractivity contribution in [3.63, 3.8) is 0 Å². The Hall–Kier alpha value is -2.96. The number of hydrogen-bond acceptors (Lipinski definition) is 4. The number of sulfone groups is 1. The van der Waals surface area contributed by atoms with Gasteiger partial charge in [0.25, 0.3) is 0 Å². The minimum absolute atomic E-state index is 0.0912. The Morgan fingerprint density at radius 1 is 1.03 bits per heavy atom. The highest BCUT2D eigenvalue weighted by Gasteiger charge is 2.29. The summed E-state index contributed by atoms with van der Waals surface area (Å²) in [5.41, 5.74) is 2.61. The van der Waals surface area contributed by atoms with Gasteiger partial charge in [-0.25, -0.2) is 8.42 Å². The van der Waals surface area contributed by atoms with Gasteiger partial charge >= 0.3 is 0 Å². The van der Waals surface area contributed by atoms with Crippen LogP contribution in [0.1, 0.15) is 41.7 Å². The number of aromatic nitrogens is 1. The van der Waals surface area contributed by atoms with Crippen molar-refractivity contribution in [2.45, 2.75) is 29.9 Å². The summed E-state index contributed by atoms with van der Waals surface area (Å²) < 4.78 is 26.6. The molecule has 1 amide bonds. The van der Waals surface area contributed by atoms with Crippen LogP contribution in [-0.2, 0) is 14.6 Å². The molecule has 1 N–H and O–H groups in total. The molecule has 0 spiro atoms. The van der Waals surface area contributed by atoms with Crippen molar-refractivity contribution in [1.29, 1.82) is 0 Å². The SMILES string of the molecule is CC(C)c1ccc(/C=C/C(=O)NCC(c2cccnc2)S(=O)(=O)c2ccc(Cl)cc2)cc1. The molecular weight excluding hydrogens is 444 g/mol. The summed E-state index contributed by atoms with van der Waals surface area (Å²) in [5, 5.41) is 2.17. The Morgan fingerprint density at radius 3 is 2.31 bits per heavy atom. The summed E-state index contributed by atoms with van der Waals surface area (Å²) in [5.74, 6) is 0.0569. The van der Waals surface area contributed by atoms with Gasteiger partial charge in [0.1, 0.15) is 5.25 Å². The van der Waals surface area contributed by atoms with Crippen molar-refractivity contribution in [3.05, 3.63) is 101 Å². The van der Waals surface area contributed by atoms with Gasteiger partial charge in [0.15, 0.2) is 9.84 Å². The Bertz CT molecular complexity index is 1170. The summed E-state index contributed by atoms with van der Waals surface area (Å²) in [6, 6.07) is 17.3. The van der Waals surface area contributed by atoms with Crippen LogP contribution in [0.15, 0.2) is 84.0 Å². The number of carbonyl (C=O) groups is 1. The second-order valence-corrected chi connectivity index (χ2v) is 10.2. The molecule has 3 aromatic rings. The predicted molar refractivity (Wildman–Crippen MR) is 128 cm³/mol. The zero-order valence-corrected chi connectivity index (χ0v) is 19.5. The third-order valence-electron chi connectivity index (χ3n) is 5.06. The molecule has 0 radical (unpaired) electrons. The number of nitrogens with zero attached hydrogens (tertiary/aromatic N) is 1. The fourth-order valence-corrected chi connectivity index (χ4v) is 4.95. The summed E-state index contributed by atoms with van der Waals surface area (Å²) in [7, 11) is -3.78. The Labute approximate surface area is 194 Å². The summed E-state index contributed by atoms with van der Waals surface area (Å²) in [6.45, 7) is 4.15. The molecule has 0 bridgehead atoms. The molecule has 2 aromatic carbocycles. The highest BCUT2D eigenvalue weighted by Crippen LogP contribution is 2.29. The first-order valence-corrected chi connectivity index (χ1v) is 12.1. The number of rotatable bonds is 8. The average Bonchev–Trinajstić information content (AvgIpc) is 2.79. The molecule has 7 heteroatoms. The van der Waals surface area contributed by atoms with Crippen LogP contribution in [0, 0.1) is 0 Å². The van der Waals surface area contributed by atoms with Gasteiger partial charge in [-0.3, -0.25) is 9.78 Å². The first-order chi connectivity index (χ1) is 15.3. The molecule has 5 nitrogen and oxygen atoms in total. The van der Waals surface area contributed by atoms with E-state index in [1.807, 2.05) is 24.3 Å². The predicted octanol–water partition coefficient (Wildman–Crippen LogP) is 5.20. The second kappa shape index (κ2) is 10.6. The van der Waals surface area contributed by atoms with Crippen LogP contribution >= 0.6 is 11.6 Å². The molecule has 0 fully saturated rings. The van der Waals surface area contributed by atoms with Gasteiger partial charge in [-0.2, -0.15) is 0 Å². The lowest BCUT2D eigenvalue weighted by molar-refractivity contribution is -0.116. The van der Waals surface area contributed by atoms with Crippen LogP contribution in [0.4, 0.5) is 0 Å². The molecule has 0 saturated heterocycles. The van der Waals surface area contributed by atoms with Gasteiger partial charge in [-0.1, -0.05) is 55.8 Å². The second-order valence-electron chi connectivity index (χ2n) is 7.67. The van der Waals surface area contributed by atoms with Crippen molar-refractivity contribution in [2.24, 2.45) is 0 Å². The van der Waals surface area contributed by atoms with Crippen LogP contribution < -0.4 is 5.32 Å². The molecular formula is C25H25ClN2O3S. The van der Waals surface area contributed by atoms with Gasteiger partial charge in [-0.05, 0) is 59.0 Å². The van der Waals surface area contributed by atoms with Gasteiger partial charge in [0.05, 0.1) is 4.90 Å². The van der Waals surface area contributed by atoms with Gasteiger partial charge < -0.3 is 5.32 Å². The molecule has 0 aliphatic heterocycles. The molecule has 0 saturated carbocycles. The lowest BCUT2D eigenvalue weighted by atomic mass is 10.0. The third-order valence-corrected chi connectivity index (χ3v) is 7.43. The lowest BCUT2D eigenvalue weighted by Crippen LogP contribution is -2.31. The van der Waals surface area contributed by atoms with Crippen molar-refractivity contribution in [1.82, 2.24) is 10.3 Å². The Morgan fingerprint density at radius 2 is 1.72 bits per heavy atom. The maximum absolute atomic E-state index is 13.3. The van der Waals surface area contributed by atoms with E-state index in [9.17, 15) is 13.2 Å². The molecule has 0 aliphatic carbocycles. The van der Waals surface area contributed by atoms with E-state index in [2.05, 4.69) is 24.1 Å². The molecule has 1 atom stereocenters. The number of benzene rings is 2. The summed E-state index contributed by atoms with van der Waals surface area (Å²) >= 11 is 5.90. The largest absolute Gasteiger partial charge is 0.351 e. The minimum Gasteiger partial charge on any atom is -0.351 e. The average molecular weight is 469 g/mol. The van der Waals surface area contributed by atoms with Crippen LogP contribution in [0.25, 0.3) is 6.08 Å². The summed E-state index contributed by atoms with van der Waals surface area (Å²) in [4.78, 5) is 16.6. The number of halogens is 1. The zero-order chi connectivity index (χ0) is 23.1. The van der Waals surface area contributed by atoms with E-state index in [1.54, 1.807) is 24.4 Å². The van der Waals surface area contributed by atoms with Gasteiger partial charge in [0, 0.05) is 30.0 Å². The molecule has 3 rings (SSSR count). The first kappa shape index (κ1) is 23.7. The van der Waals surface area contributed by atoms with Crippen molar-refractivity contribution in [3.8, 4) is 0 Å². The molecule has 1 unspecified atom stereocenters. The fraction of sp³-hybridized carbons (Fsp3) is 0.200. The number of carbonyl (C=O) groups excluding carboxylic acids is 1. The van der Waals surface area contributed by atoms with E-state index in [1.165, 1.54) is 42.1 Å². The molecule has 0 aliphatic rings. The van der Waals surface area contributed by atoms with E-state index in [0.717, 1.165) is 5.56 Å². The summed E-state index contributed by atoms with van der Waals surface area (Å²) in [6.07, 6.45) is 6.17. The van der Waals surface area contributed by atoms with Crippen molar-refractivity contribution >= 4 is 33.4 Å². The van der Waals surface area contributed by atoms with Crippen molar-refractivity contribution < 1.29 is 13.2 Å². The number of nitrogens with one attached hydrogen (secondary N) is 1. The van der Waals surface area contributed by atoms with Crippen LogP contribution in [0.3, 0.4) is 0 Å². The van der Waals surface area contributed by atoms with Gasteiger partial charge in [0.2, 0.25) is 5.91 Å². The van der Waals surface area contributed by atoms with E-state index in [-0.39, 0.29) is 17.3 Å². The molecule has 166 valence electrons. The Balaban J connectivity index is 1.75. The molecule has 1 heterocycles. The quantitative estimate of drug-likeness (QED) is 0.461. The maximum Gasteiger partial charge on any atom is 0.244 e. The zero-order valence-electron chi connectivity index (χ0n) is 17.9. The smallest absolute Gasteiger partial charge is 0.244 e. The van der Waals surface area contributed by atoms with Crippen LogP contribution in [0.5, 0.6) is 0 Å². The van der Waals surface area contributed by atoms with Gasteiger partial charge in [-0.15, -0.1) is 0 Å². The van der Waals surface area contributed by atoms with Crippen molar-refractivity contribution in [2.75, 3.05) is 6.54 Å². The normalized spacial score (nSPS) is 12.8. The molecule has 32 heavy (non-hydrogen) atoms. The van der Waals surface area contributed by atoms with E-state index in [0.29, 0.717) is 16.5 Å². The third kappa shape index (κ3) is 6.05. The topological polar surface area (TPSA) is 76.1 Å². The number of hydrogen-bond donors (Lipinski definition) is 1.